The first-order chi connectivity index (χ1) is 9.92. The summed E-state index contributed by atoms with van der Waals surface area (Å²) >= 11 is 1.89. The molecule has 0 saturated heterocycles. The molecule has 0 atom stereocenters. The molecule has 0 saturated carbocycles. The highest BCUT2D eigenvalue weighted by Crippen LogP contribution is 2.44. The van der Waals surface area contributed by atoms with Crippen LogP contribution in [-0.4, -0.2) is 0 Å². The van der Waals surface area contributed by atoms with E-state index >= 15 is 0 Å². The second-order valence-corrected chi connectivity index (χ2v) is 6.31. The van der Waals surface area contributed by atoms with Crippen LogP contribution < -0.4 is 5.32 Å². The molecule has 0 fully saturated rings. The second-order valence-electron chi connectivity index (χ2n) is 5.23. The standard InChI is InChI=1S/C18H11NS/c1-3-7-14-11(5-1)12-9-10-16-17(18(12)19-14)13-6-2-4-8-15(13)20-16/h1-10,19H/p+1. The Morgan fingerprint density at radius 1 is 0.700 bits per heavy atom. The van der Waals surface area contributed by atoms with E-state index in [0.29, 0.717) is 0 Å². The summed E-state index contributed by atoms with van der Waals surface area (Å²) in [7, 11) is 0. The number of hydrogen-bond acceptors (Lipinski definition) is 1. The quantitative estimate of drug-likeness (QED) is 0.399. The van der Waals surface area contributed by atoms with Gasteiger partial charge in [-0.2, -0.15) is 0 Å². The minimum Gasteiger partial charge on any atom is -0.280 e. The van der Waals surface area contributed by atoms with Gasteiger partial charge in [-0.25, -0.2) is 0 Å². The fourth-order valence-corrected chi connectivity index (χ4v) is 4.37. The molecule has 3 aromatic carbocycles. The molecular weight excluding hydrogens is 262 g/mol. The number of fused-ring (bicyclic) bond motifs is 7. The molecule has 0 amide bonds. The van der Waals surface area contributed by atoms with Crippen molar-refractivity contribution in [1.82, 2.24) is 0 Å². The number of hydrogen-bond donors (Lipinski definition) is 1. The third-order valence-corrected chi connectivity index (χ3v) is 5.27. The first-order valence-electron chi connectivity index (χ1n) is 6.80. The van der Waals surface area contributed by atoms with Gasteiger partial charge in [0, 0.05) is 32.0 Å². The van der Waals surface area contributed by atoms with Gasteiger partial charge in [0.1, 0.15) is 5.69 Å². The Balaban J connectivity index is 1.96. The van der Waals surface area contributed by atoms with Gasteiger partial charge in [-0.1, -0.05) is 30.3 Å². The third kappa shape index (κ3) is 1.25. The van der Waals surface area contributed by atoms with Gasteiger partial charge in [0.05, 0.1) is 5.39 Å². The summed E-state index contributed by atoms with van der Waals surface area (Å²) in [6, 6.07) is 21.9. The van der Waals surface area contributed by atoms with E-state index in [0.717, 1.165) is 0 Å². The third-order valence-electron chi connectivity index (χ3n) is 4.13. The van der Waals surface area contributed by atoms with Crippen LogP contribution in [0.25, 0.3) is 31.3 Å². The maximum absolute atomic E-state index is 2.34. The number of nitrogens with two attached hydrogens (primary N) is 1. The minimum absolute atomic E-state index is 1.34. The molecule has 1 nitrogen and oxygen atoms in total. The van der Waals surface area contributed by atoms with Crippen LogP contribution >= 0.6 is 11.3 Å². The van der Waals surface area contributed by atoms with E-state index in [4.69, 9.17) is 0 Å². The van der Waals surface area contributed by atoms with Crippen molar-refractivity contribution in [2.45, 2.75) is 0 Å². The second kappa shape index (κ2) is 3.69. The van der Waals surface area contributed by atoms with Crippen LogP contribution in [0.15, 0.2) is 60.7 Å². The Morgan fingerprint density at radius 2 is 1.55 bits per heavy atom. The van der Waals surface area contributed by atoms with Gasteiger partial charge >= 0.3 is 0 Å². The number of thiophene rings is 1. The van der Waals surface area contributed by atoms with Crippen molar-refractivity contribution in [2.24, 2.45) is 0 Å². The van der Waals surface area contributed by atoms with Gasteiger partial charge in [-0.15, -0.1) is 11.3 Å². The number of quaternary nitrogens is 1. The summed E-state index contributed by atoms with van der Waals surface area (Å²) in [6.45, 7) is 0. The molecule has 0 unspecified atom stereocenters. The van der Waals surface area contributed by atoms with Gasteiger partial charge in [-0.05, 0) is 24.3 Å². The first kappa shape index (κ1) is 10.6. The van der Waals surface area contributed by atoms with Crippen molar-refractivity contribution >= 4 is 42.9 Å². The van der Waals surface area contributed by atoms with E-state index in [2.05, 4.69) is 66.0 Å². The number of benzene rings is 3. The van der Waals surface area contributed by atoms with Gasteiger partial charge in [-0.3, -0.25) is 5.32 Å². The van der Waals surface area contributed by atoms with Crippen LogP contribution in [0.2, 0.25) is 0 Å². The lowest BCUT2D eigenvalue weighted by atomic mass is 10.0. The van der Waals surface area contributed by atoms with Crippen molar-refractivity contribution in [1.29, 1.82) is 0 Å². The highest BCUT2D eigenvalue weighted by atomic mass is 32.1. The molecule has 0 bridgehead atoms. The van der Waals surface area contributed by atoms with Gasteiger partial charge in [0.25, 0.3) is 0 Å². The predicted molar refractivity (Wildman–Crippen MR) is 86.0 cm³/mol. The number of rotatable bonds is 0. The SMILES string of the molecule is c1ccc2c(c1)[NH2+]c1c-2ccc2sc3ccccc3c12. The van der Waals surface area contributed by atoms with Crippen molar-refractivity contribution in [3.05, 3.63) is 60.7 Å². The van der Waals surface area contributed by atoms with Crippen LogP contribution in [0.1, 0.15) is 0 Å². The van der Waals surface area contributed by atoms with Crippen LogP contribution in [0.3, 0.4) is 0 Å². The smallest absolute Gasteiger partial charge is 0.152 e. The molecule has 2 heteroatoms. The molecule has 94 valence electrons. The van der Waals surface area contributed by atoms with Crippen molar-refractivity contribution < 1.29 is 5.32 Å². The van der Waals surface area contributed by atoms with Crippen LogP contribution in [0.5, 0.6) is 0 Å². The highest BCUT2D eigenvalue weighted by Gasteiger charge is 2.26. The lowest BCUT2D eigenvalue weighted by molar-refractivity contribution is -0.471. The maximum atomic E-state index is 2.34. The fourth-order valence-electron chi connectivity index (χ4n) is 3.25. The van der Waals surface area contributed by atoms with E-state index in [9.17, 15) is 0 Å². The molecule has 2 N–H and O–H groups in total. The molecule has 20 heavy (non-hydrogen) atoms. The van der Waals surface area contributed by atoms with Crippen LogP contribution in [0, 0.1) is 0 Å². The van der Waals surface area contributed by atoms with E-state index in [1.165, 1.54) is 42.7 Å². The minimum atomic E-state index is 1.34. The number of para-hydroxylation sites is 1. The van der Waals surface area contributed by atoms with Crippen LogP contribution in [-0.2, 0) is 0 Å². The summed E-state index contributed by atoms with van der Waals surface area (Å²) in [4.78, 5) is 0. The molecule has 5 rings (SSSR count). The van der Waals surface area contributed by atoms with Gasteiger partial charge in [0.2, 0.25) is 0 Å². The Labute approximate surface area is 120 Å². The summed E-state index contributed by atoms with van der Waals surface area (Å²) in [5.74, 6) is 0. The largest absolute Gasteiger partial charge is 0.280 e. The summed E-state index contributed by atoms with van der Waals surface area (Å²) in [6.07, 6.45) is 0. The molecule has 0 radical (unpaired) electrons. The van der Waals surface area contributed by atoms with Gasteiger partial charge < -0.3 is 0 Å². The van der Waals surface area contributed by atoms with Crippen LogP contribution in [0.4, 0.5) is 11.4 Å². The van der Waals surface area contributed by atoms with E-state index in [1.54, 1.807) is 0 Å². The molecular formula is C18H12NS+. The Morgan fingerprint density at radius 3 is 2.55 bits per heavy atom. The Kier molecular flexibility index (Phi) is 1.96. The summed E-state index contributed by atoms with van der Waals surface area (Å²) < 4.78 is 2.76. The topological polar surface area (TPSA) is 16.6 Å². The lowest BCUT2D eigenvalue weighted by Crippen LogP contribution is -2.69. The van der Waals surface area contributed by atoms with E-state index < -0.39 is 0 Å². The molecule has 4 aromatic rings. The van der Waals surface area contributed by atoms with Crippen molar-refractivity contribution in [3.8, 4) is 11.1 Å². The maximum Gasteiger partial charge on any atom is 0.152 e. The zero-order valence-corrected chi connectivity index (χ0v) is 11.6. The fraction of sp³-hybridized carbons (Fsp3) is 0. The monoisotopic (exact) mass is 274 g/mol. The average Bonchev–Trinajstić information content (AvgIpc) is 3.04. The molecule has 0 spiro atoms. The Hall–Kier alpha value is -2.16. The normalized spacial score (nSPS) is 12.8. The van der Waals surface area contributed by atoms with Crippen molar-refractivity contribution in [3.63, 3.8) is 0 Å². The summed E-state index contributed by atoms with van der Waals surface area (Å²) in [5.41, 5.74) is 5.46. The zero-order chi connectivity index (χ0) is 13.1. The van der Waals surface area contributed by atoms with Gasteiger partial charge in [0.15, 0.2) is 5.69 Å². The summed E-state index contributed by atoms with van der Waals surface area (Å²) in [5, 5.41) is 5.14. The highest BCUT2D eigenvalue weighted by molar-refractivity contribution is 7.25. The lowest BCUT2D eigenvalue weighted by Gasteiger charge is -1.98. The van der Waals surface area contributed by atoms with E-state index in [1.807, 2.05) is 11.3 Å². The Bertz CT molecular complexity index is 981. The molecule has 0 aliphatic carbocycles. The molecule has 1 aliphatic rings. The molecule has 2 heterocycles. The van der Waals surface area contributed by atoms with Crippen molar-refractivity contribution in [2.75, 3.05) is 0 Å². The van der Waals surface area contributed by atoms with E-state index in [-0.39, 0.29) is 0 Å². The molecule has 1 aromatic heterocycles. The predicted octanol–water partition coefficient (Wildman–Crippen LogP) is 4.56. The molecule has 1 aliphatic heterocycles. The zero-order valence-electron chi connectivity index (χ0n) is 10.8. The average molecular weight is 274 g/mol. The first-order valence-corrected chi connectivity index (χ1v) is 7.62.